The van der Waals surface area contributed by atoms with Crippen molar-refractivity contribution < 1.29 is 19.5 Å². The number of carboxylic acids is 1. The Morgan fingerprint density at radius 2 is 1.84 bits per heavy atom. The molecule has 4 rings (SSSR count). The van der Waals surface area contributed by atoms with Crippen LogP contribution in [0.3, 0.4) is 0 Å². The maximum atomic E-state index is 13.4. The van der Waals surface area contributed by atoms with E-state index in [1.54, 1.807) is 0 Å². The first-order valence-electron chi connectivity index (χ1n) is 12.2. The number of carbonyl (C=O) groups excluding carboxylic acids is 2. The number of nitrogens with one attached hydrogen (secondary N) is 1. The van der Waals surface area contributed by atoms with E-state index in [4.69, 9.17) is 0 Å². The van der Waals surface area contributed by atoms with Crippen LogP contribution in [0.15, 0.2) is 18.2 Å². The second kappa shape index (κ2) is 8.31. The molecule has 0 radical (unpaired) electrons. The molecule has 3 fully saturated rings. The summed E-state index contributed by atoms with van der Waals surface area (Å²) >= 11 is 0. The van der Waals surface area contributed by atoms with Crippen LogP contribution in [-0.2, 0) is 14.4 Å². The number of hydrogen-bond donors (Lipinski definition) is 2. The lowest BCUT2D eigenvalue weighted by atomic mass is 9.48. The molecule has 32 heavy (non-hydrogen) atoms. The quantitative estimate of drug-likeness (QED) is 0.631. The van der Waals surface area contributed by atoms with Crippen molar-refractivity contribution in [3.05, 3.63) is 29.3 Å². The van der Waals surface area contributed by atoms with Gasteiger partial charge in [0.05, 0.1) is 0 Å². The molecule has 0 heterocycles. The summed E-state index contributed by atoms with van der Waals surface area (Å²) in [5.41, 5.74) is 2.51. The number of fused-ring (bicyclic) bond motifs is 3. The fourth-order valence-electron chi connectivity index (χ4n) is 7.48. The molecule has 0 aromatic heterocycles. The van der Waals surface area contributed by atoms with Gasteiger partial charge in [0.25, 0.3) is 0 Å². The number of ketones is 1. The molecule has 1 aromatic carbocycles. The first-order chi connectivity index (χ1) is 15.1. The number of anilines is 1. The van der Waals surface area contributed by atoms with Crippen molar-refractivity contribution in [2.24, 2.45) is 34.5 Å². The van der Waals surface area contributed by atoms with Crippen molar-refractivity contribution in [1.82, 2.24) is 0 Å². The highest BCUT2D eigenvalue weighted by Gasteiger charge is 2.60. The summed E-state index contributed by atoms with van der Waals surface area (Å²) in [6, 6.07) is 6.15. The minimum absolute atomic E-state index is 0.0173. The van der Waals surface area contributed by atoms with Gasteiger partial charge in [-0.3, -0.25) is 14.4 Å². The maximum Gasteiger partial charge on any atom is 0.303 e. The molecule has 174 valence electrons. The Bertz CT molecular complexity index is 940. The molecule has 0 aliphatic heterocycles. The average molecular weight is 440 g/mol. The van der Waals surface area contributed by atoms with Crippen LogP contribution in [0.2, 0.25) is 0 Å². The summed E-state index contributed by atoms with van der Waals surface area (Å²) in [6.07, 6.45) is 5.66. The monoisotopic (exact) mass is 439 g/mol. The van der Waals surface area contributed by atoms with Crippen molar-refractivity contribution >= 4 is 23.3 Å². The molecule has 3 aliphatic carbocycles. The van der Waals surface area contributed by atoms with Crippen molar-refractivity contribution in [3.8, 4) is 0 Å². The third-order valence-corrected chi connectivity index (χ3v) is 9.42. The minimum atomic E-state index is -0.828. The molecule has 1 amide bonds. The molecule has 6 atom stereocenters. The van der Waals surface area contributed by atoms with Crippen LogP contribution >= 0.6 is 0 Å². The van der Waals surface area contributed by atoms with Crippen LogP contribution in [0.25, 0.3) is 0 Å². The van der Waals surface area contributed by atoms with Crippen molar-refractivity contribution in [2.75, 3.05) is 5.32 Å². The normalized spacial score (nSPS) is 36.3. The molecule has 2 N–H and O–H groups in total. The summed E-state index contributed by atoms with van der Waals surface area (Å²) in [7, 11) is 0. The molecule has 0 bridgehead atoms. The largest absolute Gasteiger partial charge is 0.481 e. The second-order valence-electron chi connectivity index (χ2n) is 11.1. The van der Waals surface area contributed by atoms with Crippen LogP contribution in [-0.4, -0.2) is 22.8 Å². The van der Waals surface area contributed by atoms with E-state index in [9.17, 15) is 19.5 Å². The summed E-state index contributed by atoms with van der Waals surface area (Å²) in [6.45, 7) is 8.36. The molecule has 1 aromatic rings. The van der Waals surface area contributed by atoms with E-state index < -0.39 is 11.4 Å². The van der Waals surface area contributed by atoms with E-state index in [1.807, 2.05) is 32.9 Å². The zero-order valence-corrected chi connectivity index (χ0v) is 19.9. The highest BCUT2D eigenvalue weighted by molar-refractivity contribution is 5.94. The molecule has 3 aliphatic rings. The zero-order valence-electron chi connectivity index (χ0n) is 19.9. The summed E-state index contributed by atoms with van der Waals surface area (Å²) in [5, 5.41) is 12.5. The van der Waals surface area contributed by atoms with Crippen molar-refractivity contribution in [1.29, 1.82) is 0 Å². The predicted molar refractivity (Wildman–Crippen MR) is 124 cm³/mol. The van der Waals surface area contributed by atoms with E-state index in [-0.39, 0.29) is 35.4 Å². The Hall–Kier alpha value is -2.17. The number of amides is 1. The average Bonchev–Trinajstić information content (AvgIpc) is 3.09. The third-order valence-electron chi connectivity index (χ3n) is 9.42. The minimum Gasteiger partial charge on any atom is -0.481 e. The lowest BCUT2D eigenvalue weighted by Gasteiger charge is -2.55. The van der Waals surface area contributed by atoms with Crippen LogP contribution in [0.1, 0.15) is 76.3 Å². The Labute approximate surface area is 191 Å². The Kier molecular flexibility index (Phi) is 5.98. The zero-order chi connectivity index (χ0) is 23.3. The SMILES string of the molecule is Cc1ccc(C)c(NC(=O)C2CCC3C4CCC(=O)C(C)(CCC(=O)O)C4CCC23C)c1. The number of carbonyl (C=O) groups is 3. The fourth-order valence-corrected chi connectivity index (χ4v) is 7.48. The highest BCUT2D eigenvalue weighted by atomic mass is 16.4. The second-order valence-corrected chi connectivity index (χ2v) is 11.1. The Morgan fingerprint density at radius 1 is 1.09 bits per heavy atom. The van der Waals surface area contributed by atoms with E-state index in [0.29, 0.717) is 24.7 Å². The van der Waals surface area contributed by atoms with Gasteiger partial charge in [0.2, 0.25) is 5.91 Å². The number of hydrogen-bond acceptors (Lipinski definition) is 3. The van der Waals surface area contributed by atoms with Crippen LogP contribution in [0.5, 0.6) is 0 Å². The van der Waals surface area contributed by atoms with Gasteiger partial charge in [0.15, 0.2) is 0 Å². The van der Waals surface area contributed by atoms with Gasteiger partial charge in [-0.25, -0.2) is 0 Å². The third kappa shape index (κ3) is 3.78. The maximum absolute atomic E-state index is 13.4. The molecule has 5 heteroatoms. The Balaban J connectivity index is 1.54. The summed E-state index contributed by atoms with van der Waals surface area (Å²) in [4.78, 5) is 37.6. The number of rotatable bonds is 5. The van der Waals surface area contributed by atoms with Crippen LogP contribution in [0.4, 0.5) is 5.69 Å². The Morgan fingerprint density at radius 3 is 2.56 bits per heavy atom. The molecule has 0 spiro atoms. The molecule has 0 saturated heterocycles. The van der Waals surface area contributed by atoms with Crippen molar-refractivity contribution in [2.45, 2.75) is 79.1 Å². The van der Waals surface area contributed by atoms with Crippen LogP contribution < -0.4 is 5.32 Å². The van der Waals surface area contributed by atoms with Gasteiger partial charge < -0.3 is 10.4 Å². The van der Waals surface area contributed by atoms with E-state index >= 15 is 0 Å². The summed E-state index contributed by atoms with van der Waals surface area (Å²) < 4.78 is 0. The van der Waals surface area contributed by atoms with Crippen molar-refractivity contribution in [3.63, 3.8) is 0 Å². The van der Waals surface area contributed by atoms with Gasteiger partial charge in [0.1, 0.15) is 5.78 Å². The lowest BCUT2D eigenvalue weighted by molar-refractivity contribution is -0.149. The van der Waals surface area contributed by atoms with E-state index in [0.717, 1.165) is 48.9 Å². The van der Waals surface area contributed by atoms with Gasteiger partial charge in [-0.1, -0.05) is 26.0 Å². The first kappa shape index (κ1) is 23.0. The molecule has 3 saturated carbocycles. The number of Topliss-reactive ketones (excluding diaryl/α,β-unsaturated/α-hetero) is 1. The van der Waals surface area contributed by atoms with Gasteiger partial charge in [-0.05, 0) is 92.7 Å². The fraction of sp³-hybridized carbons (Fsp3) is 0.667. The number of aliphatic carboxylic acids is 1. The van der Waals surface area contributed by atoms with Gasteiger partial charge in [-0.15, -0.1) is 0 Å². The number of carboxylic acid groups (broad SMARTS) is 1. The molecule has 6 unspecified atom stereocenters. The smallest absolute Gasteiger partial charge is 0.303 e. The standard InChI is InChI=1S/C27H37NO4/c1-16-5-6-17(2)22(15-16)28-25(32)21-9-8-19-18-7-10-23(29)27(4,14-12-24(30)31)20(18)11-13-26(19,21)3/h5-6,15,18-21H,7-14H2,1-4H3,(H,28,32)(H,30,31). The van der Waals surface area contributed by atoms with Gasteiger partial charge in [-0.2, -0.15) is 0 Å². The number of benzene rings is 1. The highest BCUT2D eigenvalue weighted by Crippen LogP contribution is 2.64. The lowest BCUT2D eigenvalue weighted by Crippen LogP contribution is -2.53. The van der Waals surface area contributed by atoms with E-state index in [1.165, 1.54) is 0 Å². The molecular weight excluding hydrogens is 402 g/mol. The van der Waals surface area contributed by atoms with Gasteiger partial charge >= 0.3 is 5.97 Å². The molecular formula is C27H37NO4. The van der Waals surface area contributed by atoms with E-state index in [2.05, 4.69) is 18.3 Å². The molecule has 5 nitrogen and oxygen atoms in total. The predicted octanol–water partition coefficient (Wildman–Crippen LogP) is 5.53. The number of aryl methyl sites for hydroxylation is 2. The summed E-state index contributed by atoms with van der Waals surface area (Å²) in [5.74, 6) is 0.592. The first-order valence-corrected chi connectivity index (χ1v) is 12.2. The topological polar surface area (TPSA) is 83.5 Å². The van der Waals surface area contributed by atoms with Crippen LogP contribution in [0, 0.1) is 48.3 Å². The van der Waals surface area contributed by atoms with Gasteiger partial charge in [0, 0.05) is 29.9 Å².